The van der Waals surface area contributed by atoms with Crippen LogP contribution in [-0.4, -0.2) is 14.2 Å². The van der Waals surface area contributed by atoms with Gasteiger partial charge < -0.3 is 14.8 Å². The van der Waals surface area contributed by atoms with Crippen molar-refractivity contribution < 1.29 is 9.47 Å². The Balaban J connectivity index is 2.07. The van der Waals surface area contributed by atoms with Gasteiger partial charge in [0.25, 0.3) is 0 Å². The van der Waals surface area contributed by atoms with Crippen molar-refractivity contribution in [2.24, 2.45) is 0 Å². The van der Waals surface area contributed by atoms with Crippen molar-refractivity contribution in [1.82, 2.24) is 5.32 Å². The lowest BCUT2D eigenvalue weighted by Gasteiger charge is -2.18. The molecule has 4 heteroatoms. The van der Waals surface area contributed by atoms with Gasteiger partial charge in [0.1, 0.15) is 11.5 Å². The lowest BCUT2D eigenvalue weighted by Crippen LogP contribution is -2.18. The molecule has 3 nitrogen and oxygen atoms in total. The van der Waals surface area contributed by atoms with Crippen molar-refractivity contribution in [2.75, 3.05) is 14.2 Å². The average molecular weight is 350 g/mol. The summed E-state index contributed by atoms with van der Waals surface area (Å²) in [6, 6.07) is 14.4. The number of nitrogens with one attached hydrogen (secondary N) is 1. The molecule has 0 saturated carbocycles. The molecule has 0 aliphatic heterocycles. The van der Waals surface area contributed by atoms with Crippen LogP contribution >= 0.6 is 15.9 Å². The fourth-order valence-electron chi connectivity index (χ4n) is 2.20. The fraction of sp³-hybridized carbons (Fsp3) is 0.294. The second-order valence-electron chi connectivity index (χ2n) is 4.84. The van der Waals surface area contributed by atoms with Crippen LogP contribution in [0, 0.1) is 0 Å². The maximum absolute atomic E-state index is 5.45. The zero-order chi connectivity index (χ0) is 15.2. The molecule has 0 bridgehead atoms. The first-order valence-corrected chi connectivity index (χ1v) is 7.63. The maximum atomic E-state index is 5.45. The van der Waals surface area contributed by atoms with E-state index in [2.05, 4.69) is 40.3 Å². The Labute approximate surface area is 134 Å². The van der Waals surface area contributed by atoms with Crippen molar-refractivity contribution in [2.45, 2.75) is 19.5 Å². The van der Waals surface area contributed by atoms with Gasteiger partial charge in [0.05, 0.1) is 14.2 Å². The van der Waals surface area contributed by atoms with E-state index in [1.807, 2.05) is 30.3 Å². The molecule has 0 amide bonds. The highest BCUT2D eigenvalue weighted by molar-refractivity contribution is 9.10. The Kier molecular flexibility index (Phi) is 5.65. The quantitative estimate of drug-likeness (QED) is 0.842. The summed E-state index contributed by atoms with van der Waals surface area (Å²) in [7, 11) is 3.34. The highest BCUT2D eigenvalue weighted by Crippen LogP contribution is 2.29. The third-order valence-electron chi connectivity index (χ3n) is 3.41. The lowest BCUT2D eigenvalue weighted by molar-refractivity contribution is 0.386. The number of rotatable bonds is 6. The highest BCUT2D eigenvalue weighted by atomic mass is 79.9. The van der Waals surface area contributed by atoms with Gasteiger partial charge >= 0.3 is 0 Å². The van der Waals surface area contributed by atoms with Gasteiger partial charge in [0.2, 0.25) is 0 Å². The molecule has 112 valence electrons. The zero-order valence-electron chi connectivity index (χ0n) is 12.5. The molecule has 0 saturated heterocycles. The third kappa shape index (κ3) is 4.22. The molecule has 0 heterocycles. The van der Waals surface area contributed by atoms with Crippen molar-refractivity contribution in [3.05, 3.63) is 58.1 Å². The predicted octanol–water partition coefficient (Wildman–Crippen LogP) is 4.32. The fourth-order valence-corrected chi connectivity index (χ4v) is 2.65. The zero-order valence-corrected chi connectivity index (χ0v) is 14.1. The summed E-state index contributed by atoms with van der Waals surface area (Å²) in [6.07, 6.45) is 0. The maximum Gasteiger partial charge on any atom is 0.127 e. The smallest absolute Gasteiger partial charge is 0.127 e. The van der Waals surface area contributed by atoms with Gasteiger partial charge in [0.15, 0.2) is 0 Å². The van der Waals surface area contributed by atoms with E-state index in [9.17, 15) is 0 Å². The van der Waals surface area contributed by atoms with E-state index >= 15 is 0 Å². The van der Waals surface area contributed by atoms with Crippen molar-refractivity contribution in [3.8, 4) is 11.5 Å². The number of halogens is 1. The first-order chi connectivity index (χ1) is 10.1. The van der Waals surface area contributed by atoms with Crippen molar-refractivity contribution >= 4 is 15.9 Å². The number of hydrogen-bond acceptors (Lipinski definition) is 3. The van der Waals surface area contributed by atoms with E-state index in [1.165, 1.54) is 5.56 Å². The van der Waals surface area contributed by atoms with Gasteiger partial charge in [-0.1, -0.05) is 34.1 Å². The van der Waals surface area contributed by atoms with Crippen LogP contribution in [-0.2, 0) is 6.54 Å². The molecule has 0 radical (unpaired) electrons. The largest absolute Gasteiger partial charge is 0.497 e. The normalized spacial score (nSPS) is 12.0. The minimum absolute atomic E-state index is 0.185. The minimum atomic E-state index is 0.185. The van der Waals surface area contributed by atoms with Gasteiger partial charge in [-0.3, -0.25) is 0 Å². The van der Waals surface area contributed by atoms with Gasteiger partial charge in [-0.05, 0) is 30.7 Å². The summed E-state index contributed by atoms with van der Waals surface area (Å²) >= 11 is 3.49. The Bertz CT molecular complexity index is 601. The highest BCUT2D eigenvalue weighted by Gasteiger charge is 2.12. The third-order valence-corrected chi connectivity index (χ3v) is 3.90. The van der Waals surface area contributed by atoms with E-state index in [4.69, 9.17) is 9.47 Å². The van der Waals surface area contributed by atoms with Crippen molar-refractivity contribution in [1.29, 1.82) is 0 Å². The summed E-state index contributed by atoms with van der Waals surface area (Å²) in [5.74, 6) is 1.64. The van der Waals surface area contributed by atoms with Crippen LogP contribution in [0.4, 0.5) is 0 Å². The van der Waals surface area contributed by atoms with Crippen molar-refractivity contribution in [3.63, 3.8) is 0 Å². The van der Waals surface area contributed by atoms with Gasteiger partial charge in [-0.25, -0.2) is 0 Å². The van der Waals surface area contributed by atoms with Crippen LogP contribution in [0.25, 0.3) is 0 Å². The molecular formula is C17H20BrNO2. The van der Waals surface area contributed by atoms with Crippen LogP contribution in [0.3, 0.4) is 0 Å². The molecule has 1 unspecified atom stereocenters. The van der Waals surface area contributed by atoms with Crippen LogP contribution in [0.1, 0.15) is 24.1 Å². The lowest BCUT2D eigenvalue weighted by atomic mass is 10.1. The second kappa shape index (κ2) is 7.48. The first kappa shape index (κ1) is 15.9. The second-order valence-corrected chi connectivity index (χ2v) is 5.76. The Hall–Kier alpha value is -1.52. The number of ether oxygens (including phenoxy) is 2. The van der Waals surface area contributed by atoms with Crippen LogP contribution < -0.4 is 14.8 Å². The van der Waals surface area contributed by atoms with Gasteiger partial charge in [0, 0.05) is 28.7 Å². The molecule has 1 atom stereocenters. The molecule has 0 fully saturated rings. The predicted molar refractivity (Wildman–Crippen MR) is 88.9 cm³/mol. The van der Waals surface area contributed by atoms with Crippen LogP contribution in [0.15, 0.2) is 46.9 Å². The molecule has 21 heavy (non-hydrogen) atoms. The molecular weight excluding hydrogens is 330 g/mol. The summed E-state index contributed by atoms with van der Waals surface area (Å²) in [6.45, 7) is 2.93. The molecule has 0 aliphatic carbocycles. The SMILES string of the molecule is COc1ccc(C(C)NCc2cccc(Br)c2)c(OC)c1. The summed E-state index contributed by atoms with van der Waals surface area (Å²) in [5, 5.41) is 3.51. The van der Waals surface area contributed by atoms with E-state index in [0.29, 0.717) is 0 Å². The Morgan fingerprint density at radius 3 is 2.57 bits per heavy atom. The number of benzene rings is 2. The molecule has 0 aromatic heterocycles. The Morgan fingerprint density at radius 2 is 1.90 bits per heavy atom. The molecule has 0 spiro atoms. The molecule has 2 aromatic rings. The standard InChI is InChI=1S/C17H20BrNO2/c1-12(19-11-13-5-4-6-14(18)9-13)16-8-7-15(20-2)10-17(16)21-3/h4-10,12,19H,11H2,1-3H3. The first-order valence-electron chi connectivity index (χ1n) is 6.83. The van der Waals surface area contributed by atoms with Gasteiger partial charge in [-0.15, -0.1) is 0 Å². The topological polar surface area (TPSA) is 30.5 Å². The van der Waals surface area contributed by atoms with Gasteiger partial charge in [-0.2, -0.15) is 0 Å². The van der Waals surface area contributed by atoms with E-state index in [0.717, 1.165) is 28.1 Å². The summed E-state index contributed by atoms with van der Waals surface area (Å²) in [5.41, 5.74) is 2.36. The molecule has 2 rings (SSSR count). The van der Waals surface area contributed by atoms with Crippen LogP contribution in [0.5, 0.6) is 11.5 Å². The number of methoxy groups -OCH3 is 2. The van der Waals surface area contributed by atoms with E-state index in [1.54, 1.807) is 14.2 Å². The monoisotopic (exact) mass is 349 g/mol. The van der Waals surface area contributed by atoms with E-state index < -0.39 is 0 Å². The average Bonchev–Trinajstić information content (AvgIpc) is 2.52. The molecule has 0 aliphatic rings. The minimum Gasteiger partial charge on any atom is -0.497 e. The van der Waals surface area contributed by atoms with Crippen LogP contribution in [0.2, 0.25) is 0 Å². The Morgan fingerprint density at radius 1 is 1.10 bits per heavy atom. The van der Waals surface area contributed by atoms with E-state index in [-0.39, 0.29) is 6.04 Å². The summed E-state index contributed by atoms with van der Waals surface area (Å²) in [4.78, 5) is 0. The number of hydrogen-bond donors (Lipinski definition) is 1. The summed E-state index contributed by atoms with van der Waals surface area (Å²) < 4.78 is 11.8. The molecule has 2 aromatic carbocycles. The molecule has 1 N–H and O–H groups in total.